The molecule has 1 aliphatic rings. The van der Waals surface area contributed by atoms with E-state index < -0.39 is 16.0 Å². The maximum atomic E-state index is 12.5. The van der Waals surface area contributed by atoms with Crippen molar-refractivity contribution in [1.29, 1.82) is 0 Å². The van der Waals surface area contributed by atoms with Gasteiger partial charge < -0.3 is 9.47 Å². The molecule has 1 fully saturated rings. The average molecular weight is 424 g/mol. The predicted molar refractivity (Wildman–Crippen MR) is 104 cm³/mol. The molecule has 0 radical (unpaired) electrons. The Morgan fingerprint density at radius 3 is 2.64 bits per heavy atom. The highest BCUT2D eigenvalue weighted by atomic mass is 32.2. The van der Waals surface area contributed by atoms with Gasteiger partial charge in [0.1, 0.15) is 22.1 Å². The fraction of sp³-hybridized carbons (Fsp3) is 0.368. The summed E-state index contributed by atoms with van der Waals surface area (Å²) < 4.78 is 38.3. The number of Topliss-reactive ketones (excluding diaryl/α,β-unsaturated/α-hetero) is 1. The number of thiophene rings is 1. The molecule has 2 aromatic rings. The van der Waals surface area contributed by atoms with Gasteiger partial charge in [0.2, 0.25) is 10.0 Å². The number of sulfonamides is 1. The molecule has 1 saturated carbocycles. The molecule has 0 amide bonds. The number of ether oxygens (including phenoxy) is 2. The summed E-state index contributed by atoms with van der Waals surface area (Å²) in [6, 6.07) is 6.25. The fourth-order valence-electron chi connectivity index (χ4n) is 2.56. The van der Waals surface area contributed by atoms with Gasteiger partial charge in [-0.25, -0.2) is 17.9 Å². The van der Waals surface area contributed by atoms with Crippen molar-refractivity contribution in [3.05, 3.63) is 45.6 Å². The highest BCUT2D eigenvalue weighted by Crippen LogP contribution is 2.28. The van der Waals surface area contributed by atoms with Gasteiger partial charge in [-0.3, -0.25) is 4.79 Å². The molecular formula is C19H21NO6S2. The lowest BCUT2D eigenvalue weighted by atomic mass is 10.1. The number of esters is 1. The Kier molecular flexibility index (Phi) is 6.17. The predicted octanol–water partition coefficient (Wildman–Crippen LogP) is 3.15. The fourth-order valence-corrected chi connectivity index (χ4v) is 5.17. The first-order chi connectivity index (χ1) is 13.3. The molecular weight excluding hydrogens is 402 g/mol. The van der Waals surface area contributed by atoms with E-state index in [-0.39, 0.29) is 28.2 Å². The maximum Gasteiger partial charge on any atom is 0.350 e. The molecule has 1 N–H and O–H groups in total. The van der Waals surface area contributed by atoms with Gasteiger partial charge in [0.05, 0.1) is 6.61 Å². The number of hydrogen-bond acceptors (Lipinski definition) is 7. The number of hydrogen-bond donors (Lipinski definition) is 1. The molecule has 7 nitrogen and oxygen atoms in total. The number of carbonyl (C=O) groups excluding carboxylic acids is 2. The summed E-state index contributed by atoms with van der Waals surface area (Å²) >= 11 is 1.01. The molecule has 3 rings (SSSR count). The molecule has 1 aromatic carbocycles. The smallest absolute Gasteiger partial charge is 0.350 e. The number of rotatable bonds is 9. The van der Waals surface area contributed by atoms with Gasteiger partial charge in [0, 0.05) is 17.2 Å². The van der Waals surface area contributed by atoms with Crippen LogP contribution in [0.2, 0.25) is 0 Å². The third-order valence-corrected chi connectivity index (χ3v) is 6.72. The van der Waals surface area contributed by atoms with Crippen molar-refractivity contribution in [3.63, 3.8) is 0 Å². The zero-order chi connectivity index (χ0) is 20.3. The van der Waals surface area contributed by atoms with Crippen LogP contribution in [-0.4, -0.2) is 32.8 Å². The molecule has 1 aromatic heterocycles. The minimum absolute atomic E-state index is 0.0221. The van der Waals surface area contributed by atoms with Crippen LogP contribution in [0.25, 0.3) is 0 Å². The highest BCUT2D eigenvalue weighted by molar-refractivity contribution is 7.89. The number of carbonyl (C=O) groups is 2. The second-order valence-corrected chi connectivity index (χ2v) is 9.00. The molecule has 1 heterocycles. The lowest BCUT2D eigenvalue weighted by Crippen LogP contribution is -2.26. The van der Waals surface area contributed by atoms with Crippen molar-refractivity contribution in [2.45, 2.75) is 44.2 Å². The lowest BCUT2D eigenvalue weighted by Gasteiger charge is -2.12. The molecule has 0 atom stereocenters. The largest absolute Gasteiger partial charge is 0.493 e. The van der Waals surface area contributed by atoms with E-state index in [2.05, 4.69) is 4.72 Å². The van der Waals surface area contributed by atoms with Gasteiger partial charge in [-0.15, -0.1) is 11.3 Å². The van der Waals surface area contributed by atoms with Crippen molar-refractivity contribution in [2.24, 2.45) is 0 Å². The SMILES string of the molecule is CCOc1ccc(C(C)=O)cc1COC(=O)c1sccc1S(=O)(=O)NC1CC1. The summed E-state index contributed by atoms with van der Waals surface area (Å²) in [7, 11) is -3.76. The van der Waals surface area contributed by atoms with Crippen molar-refractivity contribution in [1.82, 2.24) is 4.72 Å². The summed E-state index contributed by atoms with van der Waals surface area (Å²) in [5.41, 5.74) is 1.02. The second kappa shape index (κ2) is 8.42. The van der Waals surface area contributed by atoms with Crippen molar-refractivity contribution in [3.8, 4) is 5.75 Å². The summed E-state index contributed by atoms with van der Waals surface area (Å²) in [5.74, 6) is -0.343. The Balaban J connectivity index is 1.77. The van der Waals surface area contributed by atoms with Gasteiger partial charge >= 0.3 is 5.97 Å². The highest BCUT2D eigenvalue weighted by Gasteiger charge is 2.31. The van der Waals surface area contributed by atoms with Crippen LogP contribution in [0.1, 0.15) is 52.3 Å². The van der Waals surface area contributed by atoms with Crippen LogP contribution in [0.5, 0.6) is 5.75 Å². The molecule has 9 heteroatoms. The molecule has 0 aliphatic heterocycles. The van der Waals surface area contributed by atoms with Crippen molar-refractivity contribution in [2.75, 3.05) is 6.61 Å². The lowest BCUT2D eigenvalue weighted by molar-refractivity contribution is 0.0471. The van der Waals surface area contributed by atoms with E-state index in [9.17, 15) is 18.0 Å². The van der Waals surface area contributed by atoms with E-state index in [0.29, 0.717) is 23.5 Å². The average Bonchev–Trinajstić information content (AvgIpc) is 3.30. The molecule has 0 saturated heterocycles. The monoisotopic (exact) mass is 423 g/mol. The van der Waals surface area contributed by atoms with Crippen LogP contribution >= 0.6 is 11.3 Å². The topological polar surface area (TPSA) is 98.8 Å². The summed E-state index contributed by atoms with van der Waals surface area (Å²) in [5, 5.41) is 1.54. The Hall–Kier alpha value is -2.23. The van der Waals surface area contributed by atoms with Crippen LogP contribution < -0.4 is 9.46 Å². The quantitative estimate of drug-likeness (QED) is 0.491. The third kappa shape index (κ3) is 4.78. The summed E-state index contributed by atoms with van der Waals surface area (Å²) in [6.45, 7) is 3.55. The van der Waals surface area contributed by atoms with Crippen LogP contribution in [0.3, 0.4) is 0 Å². The zero-order valence-electron chi connectivity index (χ0n) is 15.6. The van der Waals surface area contributed by atoms with Crippen molar-refractivity contribution < 1.29 is 27.5 Å². The molecule has 150 valence electrons. The van der Waals surface area contributed by atoms with Crippen LogP contribution in [0.15, 0.2) is 34.5 Å². The van der Waals surface area contributed by atoms with E-state index >= 15 is 0 Å². The molecule has 28 heavy (non-hydrogen) atoms. The minimum atomic E-state index is -3.76. The van der Waals surface area contributed by atoms with Crippen LogP contribution in [0, 0.1) is 0 Å². The van der Waals surface area contributed by atoms with Gasteiger partial charge in [-0.2, -0.15) is 0 Å². The molecule has 1 aliphatic carbocycles. The first-order valence-corrected chi connectivity index (χ1v) is 11.2. The van der Waals surface area contributed by atoms with Gasteiger partial charge in [-0.05, 0) is 56.3 Å². The first kappa shape index (κ1) is 20.5. The van der Waals surface area contributed by atoms with Crippen LogP contribution in [0.4, 0.5) is 0 Å². The molecule has 0 unspecified atom stereocenters. The normalized spacial score (nSPS) is 13.9. The Morgan fingerprint density at radius 1 is 1.25 bits per heavy atom. The van der Waals surface area contributed by atoms with E-state index in [4.69, 9.17) is 9.47 Å². The van der Waals surface area contributed by atoms with Gasteiger partial charge in [0.15, 0.2) is 5.78 Å². The van der Waals surface area contributed by atoms with Crippen molar-refractivity contribution >= 4 is 33.1 Å². The van der Waals surface area contributed by atoms with Gasteiger partial charge in [0.25, 0.3) is 0 Å². The van der Waals surface area contributed by atoms with E-state index in [1.807, 2.05) is 6.92 Å². The Bertz CT molecular complexity index is 992. The standard InChI is InChI=1S/C19H21NO6S2/c1-3-25-16-7-4-13(12(2)21)10-14(16)11-26-19(22)18-17(8-9-27-18)28(23,24)20-15-5-6-15/h4,7-10,15,20H,3,5-6,11H2,1-2H3. The zero-order valence-corrected chi connectivity index (χ0v) is 17.2. The first-order valence-electron chi connectivity index (χ1n) is 8.85. The summed E-state index contributed by atoms with van der Waals surface area (Å²) in [4.78, 5) is 24.1. The third-order valence-electron chi connectivity index (χ3n) is 4.13. The van der Waals surface area contributed by atoms with E-state index in [1.165, 1.54) is 13.0 Å². The number of benzene rings is 1. The molecule has 0 bridgehead atoms. The number of nitrogens with one attached hydrogen (secondary N) is 1. The second-order valence-electron chi connectivity index (χ2n) is 6.40. The van der Waals surface area contributed by atoms with E-state index in [1.54, 1.807) is 23.6 Å². The summed E-state index contributed by atoms with van der Waals surface area (Å²) in [6.07, 6.45) is 1.60. The van der Waals surface area contributed by atoms with Gasteiger partial charge in [-0.1, -0.05) is 0 Å². The van der Waals surface area contributed by atoms with E-state index in [0.717, 1.165) is 24.2 Å². The number of ketones is 1. The minimum Gasteiger partial charge on any atom is -0.493 e. The Morgan fingerprint density at radius 2 is 2.00 bits per heavy atom. The maximum absolute atomic E-state index is 12.5. The molecule has 0 spiro atoms. The van der Waals surface area contributed by atoms with Crippen LogP contribution in [-0.2, 0) is 21.4 Å². The Labute approximate surface area is 167 Å².